The summed E-state index contributed by atoms with van der Waals surface area (Å²) in [5, 5.41) is 7.41. The van der Waals surface area contributed by atoms with Crippen LogP contribution in [0.25, 0.3) is 0 Å². The van der Waals surface area contributed by atoms with Crippen molar-refractivity contribution in [2.45, 2.75) is 18.3 Å². The zero-order chi connectivity index (χ0) is 14.4. The first-order chi connectivity index (χ1) is 9.70. The number of rotatable bonds is 6. The topological polar surface area (TPSA) is 45.7 Å². The summed E-state index contributed by atoms with van der Waals surface area (Å²) < 4.78 is 5.02. The lowest BCUT2D eigenvalue weighted by atomic mass is 9.96. The van der Waals surface area contributed by atoms with Gasteiger partial charge in [-0.05, 0) is 30.5 Å². The molecule has 6 heteroatoms. The van der Waals surface area contributed by atoms with Gasteiger partial charge in [-0.2, -0.15) is 0 Å². The second-order valence-corrected chi connectivity index (χ2v) is 5.57. The second kappa shape index (κ2) is 8.80. The zero-order valence-corrected chi connectivity index (χ0v) is 15.6. The fourth-order valence-electron chi connectivity index (χ4n) is 2.27. The zero-order valence-electron chi connectivity index (χ0n) is 12.5. The fraction of sp³-hybridized carbons (Fsp3) is 0.533. The van der Waals surface area contributed by atoms with E-state index in [4.69, 9.17) is 16.3 Å². The fourth-order valence-corrected chi connectivity index (χ4v) is 2.39. The van der Waals surface area contributed by atoms with Gasteiger partial charge in [0.25, 0.3) is 0 Å². The van der Waals surface area contributed by atoms with Gasteiger partial charge in [-0.15, -0.1) is 24.0 Å². The second-order valence-electron chi connectivity index (χ2n) is 5.13. The summed E-state index contributed by atoms with van der Waals surface area (Å²) in [6.45, 7) is 2.31. The molecule has 0 radical (unpaired) electrons. The van der Waals surface area contributed by atoms with E-state index in [-0.39, 0.29) is 29.4 Å². The monoisotopic (exact) mass is 423 g/mol. The van der Waals surface area contributed by atoms with Crippen LogP contribution in [-0.2, 0) is 10.2 Å². The van der Waals surface area contributed by atoms with Crippen LogP contribution in [-0.4, -0.2) is 39.8 Å². The highest BCUT2D eigenvalue weighted by Gasteiger charge is 2.44. The molecule has 0 saturated heterocycles. The molecule has 1 aromatic carbocycles. The number of methoxy groups -OCH3 is 1. The van der Waals surface area contributed by atoms with Crippen molar-refractivity contribution in [3.05, 3.63) is 34.9 Å². The van der Waals surface area contributed by atoms with Gasteiger partial charge in [0.15, 0.2) is 5.96 Å². The van der Waals surface area contributed by atoms with Crippen LogP contribution in [0, 0.1) is 0 Å². The van der Waals surface area contributed by atoms with Gasteiger partial charge in [-0.1, -0.05) is 23.7 Å². The molecule has 1 aromatic rings. The van der Waals surface area contributed by atoms with Crippen LogP contribution in [0.1, 0.15) is 18.4 Å². The molecule has 0 aliphatic heterocycles. The third-order valence-electron chi connectivity index (χ3n) is 3.73. The molecular weight excluding hydrogens is 401 g/mol. The molecule has 118 valence electrons. The van der Waals surface area contributed by atoms with Gasteiger partial charge < -0.3 is 15.4 Å². The van der Waals surface area contributed by atoms with E-state index in [1.807, 2.05) is 12.1 Å². The molecule has 0 amide bonds. The molecule has 1 saturated carbocycles. The third-order valence-corrected chi connectivity index (χ3v) is 3.98. The molecule has 0 bridgehead atoms. The number of nitrogens with zero attached hydrogens (tertiary/aromatic N) is 1. The molecule has 0 spiro atoms. The molecule has 0 atom stereocenters. The van der Waals surface area contributed by atoms with E-state index in [2.05, 4.69) is 27.8 Å². The minimum Gasteiger partial charge on any atom is -0.383 e. The Bertz CT molecular complexity index is 460. The predicted octanol–water partition coefficient (Wildman–Crippen LogP) is 2.80. The van der Waals surface area contributed by atoms with E-state index in [0.29, 0.717) is 6.61 Å². The van der Waals surface area contributed by atoms with E-state index in [1.165, 1.54) is 18.4 Å². The Morgan fingerprint density at radius 3 is 2.48 bits per heavy atom. The molecule has 1 fully saturated rings. The molecule has 4 nitrogen and oxygen atoms in total. The molecule has 2 rings (SSSR count). The van der Waals surface area contributed by atoms with Gasteiger partial charge in [0, 0.05) is 37.7 Å². The maximum atomic E-state index is 5.95. The highest BCUT2D eigenvalue weighted by atomic mass is 127. The first kappa shape index (κ1) is 18.5. The Morgan fingerprint density at radius 2 is 1.95 bits per heavy atom. The molecule has 2 N–H and O–H groups in total. The van der Waals surface area contributed by atoms with Gasteiger partial charge in [-0.25, -0.2) is 0 Å². The molecule has 1 aliphatic rings. The summed E-state index contributed by atoms with van der Waals surface area (Å²) in [6, 6.07) is 8.17. The summed E-state index contributed by atoms with van der Waals surface area (Å²) in [4.78, 5) is 4.22. The minimum atomic E-state index is 0. The standard InChI is InChI=1S/C15H22ClN3O.HI/c1-17-14(18-9-10-20-2)19-11-15(7-8-15)12-3-5-13(16)6-4-12;/h3-6H,7-11H2,1-2H3,(H2,17,18,19);1H. The van der Waals surface area contributed by atoms with E-state index >= 15 is 0 Å². The Balaban J connectivity index is 0.00000220. The molecule has 0 unspecified atom stereocenters. The van der Waals surface area contributed by atoms with Crippen LogP contribution < -0.4 is 10.6 Å². The van der Waals surface area contributed by atoms with Crippen LogP contribution in [0.4, 0.5) is 0 Å². The van der Waals surface area contributed by atoms with Crippen LogP contribution >= 0.6 is 35.6 Å². The van der Waals surface area contributed by atoms with Crippen LogP contribution in [0.3, 0.4) is 0 Å². The van der Waals surface area contributed by atoms with Crippen molar-refractivity contribution in [2.75, 3.05) is 33.9 Å². The Labute approximate surface area is 148 Å². The molecule has 21 heavy (non-hydrogen) atoms. The summed E-state index contributed by atoms with van der Waals surface area (Å²) >= 11 is 5.95. The van der Waals surface area contributed by atoms with Crippen LogP contribution in [0.2, 0.25) is 5.02 Å². The van der Waals surface area contributed by atoms with E-state index in [9.17, 15) is 0 Å². The number of hydrogen-bond donors (Lipinski definition) is 2. The van der Waals surface area contributed by atoms with Crippen LogP contribution in [0.5, 0.6) is 0 Å². The van der Waals surface area contributed by atoms with Crippen molar-refractivity contribution in [2.24, 2.45) is 4.99 Å². The van der Waals surface area contributed by atoms with Gasteiger partial charge in [0.1, 0.15) is 0 Å². The van der Waals surface area contributed by atoms with E-state index in [1.54, 1.807) is 14.2 Å². The third kappa shape index (κ3) is 5.30. The normalized spacial score (nSPS) is 16.0. The summed E-state index contributed by atoms with van der Waals surface area (Å²) in [5.41, 5.74) is 1.59. The predicted molar refractivity (Wildman–Crippen MR) is 99.0 cm³/mol. The number of nitrogens with one attached hydrogen (secondary N) is 2. The van der Waals surface area contributed by atoms with Crippen molar-refractivity contribution in [3.8, 4) is 0 Å². The van der Waals surface area contributed by atoms with Gasteiger partial charge in [0.05, 0.1) is 6.61 Å². The highest BCUT2D eigenvalue weighted by Crippen LogP contribution is 2.47. The number of aliphatic imine (C=N–C) groups is 1. The van der Waals surface area contributed by atoms with Crippen molar-refractivity contribution in [1.29, 1.82) is 0 Å². The highest BCUT2D eigenvalue weighted by molar-refractivity contribution is 14.0. The van der Waals surface area contributed by atoms with Crippen molar-refractivity contribution in [3.63, 3.8) is 0 Å². The molecular formula is C15H23ClIN3O. The van der Waals surface area contributed by atoms with Crippen molar-refractivity contribution in [1.82, 2.24) is 10.6 Å². The minimum absolute atomic E-state index is 0. The smallest absolute Gasteiger partial charge is 0.191 e. The Hall–Kier alpha value is -0.530. The lowest BCUT2D eigenvalue weighted by Crippen LogP contribution is -2.42. The quantitative estimate of drug-likeness (QED) is 0.320. The van der Waals surface area contributed by atoms with Gasteiger partial charge >= 0.3 is 0 Å². The molecule has 0 heterocycles. The molecule has 0 aromatic heterocycles. The maximum absolute atomic E-state index is 5.95. The number of halogens is 2. The number of benzene rings is 1. The average Bonchev–Trinajstić information content (AvgIpc) is 3.24. The Morgan fingerprint density at radius 1 is 1.29 bits per heavy atom. The first-order valence-electron chi connectivity index (χ1n) is 6.90. The Kier molecular flexibility index (Phi) is 7.76. The number of ether oxygens (including phenoxy) is 1. The largest absolute Gasteiger partial charge is 0.383 e. The summed E-state index contributed by atoms with van der Waals surface area (Å²) in [6.07, 6.45) is 2.41. The number of hydrogen-bond acceptors (Lipinski definition) is 2. The lowest BCUT2D eigenvalue weighted by molar-refractivity contribution is 0.203. The van der Waals surface area contributed by atoms with E-state index < -0.39 is 0 Å². The number of guanidine groups is 1. The SMILES string of the molecule is CN=C(NCCOC)NCC1(c2ccc(Cl)cc2)CC1.I. The van der Waals surface area contributed by atoms with Crippen LogP contribution in [0.15, 0.2) is 29.3 Å². The summed E-state index contributed by atoms with van der Waals surface area (Å²) in [5.74, 6) is 0.822. The summed E-state index contributed by atoms with van der Waals surface area (Å²) in [7, 11) is 3.47. The van der Waals surface area contributed by atoms with Crippen molar-refractivity contribution < 1.29 is 4.74 Å². The van der Waals surface area contributed by atoms with Gasteiger partial charge in [0.2, 0.25) is 0 Å². The first-order valence-corrected chi connectivity index (χ1v) is 7.27. The average molecular weight is 424 g/mol. The molecule has 1 aliphatic carbocycles. The van der Waals surface area contributed by atoms with E-state index in [0.717, 1.165) is 24.1 Å². The lowest BCUT2D eigenvalue weighted by Gasteiger charge is -2.19. The van der Waals surface area contributed by atoms with Gasteiger partial charge in [-0.3, -0.25) is 4.99 Å². The van der Waals surface area contributed by atoms with Crippen molar-refractivity contribution >= 4 is 41.5 Å². The maximum Gasteiger partial charge on any atom is 0.191 e.